The van der Waals surface area contributed by atoms with Crippen LogP contribution in [0, 0.1) is 18.3 Å². The maximum atomic E-state index is 13.1. The van der Waals surface area contributed by atoms with Crippen LogP contribution in [0.25, 0.3) is 5.82 Å². The molecule has 0 aromatic carbocycles. The van der Waals surface area contributed by atoms with E-state index in [2.05, 4.69) is 33.8 Å². The van der Waals surface area contributed by atoms with Crippen LogP contribution in [-0.2, 0) is 11.3 Å². The summed E-state index contributed by atoms with van der Waals surface area (Å²) in [5.74, 6) is 0.144. The lowest BCUT2D eigenvalue weighted by Gasteiger charge is -2.33. The van der Waals surface area contributed by atoms with Crippen molar-refractivity contribution in [3.05, 3.63) is 47.0 Å². The van der Waals surface area contributed by atoms with Gasteiger partial charge in [0.05, 0.1) is 27.8 Å². The summed E-state index contributed by atoms with van der Waals surface area (Å²) < 4.78 is 56.2. The Morgan fingerprint density at radius 2 is 1.85 bits per heavy atom. The van der Waals surface area contributed by atoms with E-state index in [-0.39, 0.29) is 34.0 Å². The number of aromatic nitrogens is 5. The topological polar surface area (TPSA) is 116 Å². The highest BCUT2D eigenvalue weighted by Crippen LogP contribution is 2.38. The molecular formula is C32H43ClF3N7O4S. The fraction of sp³-hybridized carbons (Fsp3) is 0.594. The van der Waals surface area contributed by atoms with Crippen LogP contribution in [0.2, 0.25) is 5.15 Å². The fourth-order valence-corrected chi connectivity index (χ4v) is 6.13. The van der Waals surface area contributed by atoms with Crippen molar-refractivity contribution in [2.75, 3.05) is 13.2 Å². The minimum Gasteiger partial charge on any atom is -0.476 e. The Labute approximate surface area is 288 Å². The summed E-state index contributed by atoms with van der Waals surface area (Å²) >= 11 is 7.45. The zero-order valence-corrected chi connectivity index (χ0v) is 30.0. The molecule has 2 amide bonds. The summed E-state index contributed by atoms with van der Waals surface area (Å²) in [6, 6.07) is 4.42. The first-order valence-electron chi connectivity index (χ1n) is 15.6. The molecule has 3 aromatic rings. The van der Waals surface area contributed by atoms with E-state index in [9.17, 15) is 22.8 Å². The molecular weight excluding hydrogens is 671 g/mol. The number of carbonyl (C=O) groups is 2. The van der Waals surface area contributed by atoms with E-state index in [1.165, 1.54) is 29.1 Å². The van der Waals surface area contributed by atoms with Crippen LogP contribution in [0.4, 0.5) is 18.0 Å². The van der Waals surface area contributed by atoms with Crippen molar-refractivity contribution in [2.24, 2.45) is 11.3 Å². The highest BCUT2D eigenvalue weighted by atomic mass is 35.5. The quantitative estimate of drug-likeness (QED) is 0.159. The van der Waals surface area contributed by atoms with Crippen LogP contribution in [-0.4, -0.2) is 71.9 Å². The lowest BCUT2D eigenvalue weighted by molar-refractivity contribution is -0.219. The minimum absolute atomic E-state index is 0.00768. The molecule has 16 heteroatoms. The van der Waals surface area contributed by atoms with Gasteiger partial charge in [-0.05, 0) is 105 Å². The Morgan fingerprint density at radius 3 is 2.50 bits per heavy atom. The average Bonchev–Trinajstić information content (AvgIpc) is 3.66. The first-order valence-corrected chi connectivity index (χ1v) is 16.8. The molecule has 0 radical (unpaired) electrons. The maximum Gasteiger partial charge on any atom is 0.410 e. The van der Waals surface area contributed by atoms with Crippen molar-refractivity contribution in [3.8, 4) is 11.7 Å². The highest BCUT2D eigenvalue weighted by molar-refractivity contribution is 7.98. The first kappa shape index (κ1) is 37.4. The normalized spacial score (nSPS) is 16.7. The molecule has 1 aliphatic rings. The van der Waals surface area contributed by atoms with E-state index in [1.807, 2.05) is 37.3 Å². The van der Waals surface area contributed by atoms with Crippen LogP contribution in [0.3, 0.4) is 0 Å². The average molecular weight is 714 g/mol. The number of ether oxygens (including phenoxy) is 2. The molecule has 1 fully saturated rings. The number of pyridine rings is 1. The highest BCUT2D eigenvalue weighted by Gasteiger charge is 2.48. The summed E-state index contributed by atoms with van der Waals surface area (Å²) in [5, 5.41) is 8.53. The van der Waals surface area contributed by atoms with E-state index in [0.717, 1.165) is 55.6 Å². The molecule has 0 bridgehead atoms. The van der Waals surface area contributed by atoms with Gasteiger partial charge >= 0.3 is 12.3 Å². The number of amides is 2. The number of halogens is 4. The van der Waals surface area contributed by atoms with Gasteiger partial charge in [0.15, 0.2) is 5.82 Å². The summed E-state index contributed by atoms with van der Waals surface area (Å²) in [7, 11) is 0. The van der Waals surface area contributed by atoms with Crippen molar-refractivity contribution < 1.29 is 32.2 Å². The molecule has 0 aliphatic carbocycles. The van der Waals surface area contributed by atoms with Crippen molar-refractivity contribution in [3.63, 3.8) is 0 Å². The van der Waals surface area contributed by atoms with Crippen molar-refractivity contribution in [1.82, 2.24) is 34.2 Å². The smallest absolute Gasteiger partial charge is 0.410 e. The van der Waals surface area contributed by atoms with Crippen LogP contribution < -0.4 is 9.46 Å². The third kappa shape index (κ3) is 9.16. The first-order chi connectivity index (χ1) is 22.2. The van der Waals surface area contributed by atoms with Gasteiger partial charge in [-0.1, -0.05) is 11.6 Å². The lowest BCUT2D eigenvalue weighted by atomic mass is 9.93. The minimum atomic E-state index is -4.43. The van der Waals surface area contributed by atoms with E-state index < -0.39 is 29.7 Å². The van der Waals surface area contributed by atoms with Crippen molar-refractivity contribution >= 4 is 35.5 Å². The monoisotopic (exact) mass is 713 g/mol. The van der Waals surface area contributed by atoms with Crippen LogP contribution in [0.5, 0.6) is 5.88 Å². The number of hydrogen-bond donors (Lipinski definition) is 1. The Hall–Kier alpha value is -3.46. The van der Waals surface area contributed by atoms with Crippen molar-refractivity contribution in [2.45, 2.75) is 103 Å². The number of hydrogen-bond acceptors (Lipinski definition) is 8. The van der Waals surface area contributed by atoms with Crippen LogP contribution in [0.15, 0.2) is 35.5 Å². The van der Waals surface area contributed by atoms with Gasteiger partial charge in [0, 0.05) is 30.9 Å². The fourth-order valence-electron chi connectivity index (χ4n) is 5.23. The second-order valence-electron chi connectivity index (χ2n) is 14.2. The van der Waals surface area contributed by atoms with Gasteiger partial charge in [-0.2, -0.15) is 18.3 Å². The molecule has 11 nitrogen and oxygen atoms in total. The lowest BCUT2D eigenvalue weighted by Crippen LogP contribution is -2.45. The molecule has 3 aromatic heterocycles. The van der Waals surface area contributed by atoms with Gasteiger partial charge in [0.25, 0.3) is 5.91 Å². The third-order valence-corrected chi connectivity index (χ3v) is 9.29. The van der Waals surface area contributed by atoms with E-state index in [0.29, 0.717) is 19.0 Å². The second kappa shape index (κ2) is 14.2. The second-order valence-corrected chi connectivity index (χ2v) is 15.4. The van der Waals surface area contributed by atoms with Gasteiger partial charge in [-0.25, -0.2) is 14.5 Å². The zero-order chi connectivity index (χ0) is 35.7. The Balaban J connectivity index is 1.27. The maximum absolute atomic E-state index is 13.1. The van der Waals surface area contributed by atoms with Gasteiger partial charge in [-0.15, -0.1) is 5.10 Å². The number of carbonyl (C=O) groups excluding carboxylic acids is 2. The summed E-state index contributed by atoms with van der Waals surface area (Å²) in [6.45, 7) is 14.5. The summed E-state index contributed by atoms with van der Waals surface area (Å²) in [5.41, 5.74) is -1.83. The standard InChI is InChI=1S/C32H43ClF3N7O4S/c1-20-23(17-37-42(20)14-9-10-21-16-31(7,8)41(18-21)28(45)47-29(2,3)4)48-40-27(44)22-11-12-24(38-26(22)33)43-15-13-25(39-43)46-19-30(5,6)32(34,35)36/h11-13,15,17,21H,9-10,14,16,18-19H2,1-8H3,(H,40,44). The zero-order valence-electron chi connectivity index (χ0n) is 28.4. The summed E-state index contributed by atoms with van der Waals surface area (Å²) in [4.78, 5) is 32.5. The number of nitrogens with zero attached hydrogens (tertiary/aromatic N) is 6. The number of nitrogens with one attached hydrogen (secondary N) is 1. The van der Waals surface area contributed by atoms with E-state index in [1.54, 1.807) is 6.20 Å². The van der Waals surface area contributed by atoms with Crippen LogP contribution in [0.1, 0.15) is 83.8 Å². The predicted octanol–water partition coefficient (Wildman–Crippen LogP) is 7.65. The molecule has 1 N–H and O–H groups in total. The molecule has 1 atom stereocenters. The molecule has 0 spiro atoms. The molecule has 1 unspecified atom stereocenters. The Morgan fingerprint density at radius 1 is 1.15 bits per heavy atom. The Kier molecular flexibility index (Phi) is 11.0. The van der Waals surface area contributed by atoms with Gasteiger partial charge < -0.3 is 14.4 Å². The third-order valence-electron chi connectivity index (χ3n) is 8.09. The molecule has 4 heterocycles. The SMILES string of the molecule is Cc1c(SNC(=O)c2ccc(-n3ccc(OCC(C)(C)C(F)(F)F)n3)nc2Cl)cnn1CCCC1CN(C(=O)OC(C)(C)C)C(C)(C)C1. The van der Waals surface area contributed by atoms with Gasteiger partial charge in [0.1, 0.15) is 17.4 Å². The number of aryl methyl sites for hydroxylation is 1. The molecule has 0 saturated carbocycles. The van der Waals surface area contributed by atoms with E-state index in [4.69, 9.17) is 21.1 Å². The molecule has 48 heavy (non-hydrogen) atoms. The summed E-state index contributed by atoms with van der Waals surface area (Å²) in [6.07, 6.45) is 1.17. The largest absolute Gasteiger partial charge is 0.476 e. The number of rotatable bonds is 11. The Bertz CT molecular complexity index is 1620. The predicted molar refractivity (Wildman–Crippen MR) is 176 cm³/mol. The molecule has 1 aliphatic heterocycles. The van der Waals surface area contributed by atoms with Crippen molar-refractivity contribution in [1.29, 1.82) is 0 Å². The molecule has 264 valence electrons. The number of likely N-dealkylation sites (tertiary alicyclic amines) is 1. The van der Waals surface area contributed by atoms with E-state index >= 15 is 0 Å². The van der Waals surface area contributed by atoms with Crippen LogP contribution >= 0.6 is 23.5 Å². The van der Waals surface area contributed by atoms with Gasteiger partial charge in [0.2, 0.25) is 5.88 Å². The molecule has 4 rings (SSSR count). The number of alkyl halides is 3. The molecule has 1 saturated heterocycles. The van der Waals surface area contributed by atoms with Gasteiger partial charge in [-0.3, -0.25) is 14.2 Å².